The number of hydrogen-bond acceptors (Lipinski definition) is 9. The molecule has 5 N–H and O–H groups in total. The van der Waals surface area contributed by atoms with Gasteiger partial charge in [-0.25, -0.2) is 4.79 Å². The molecule has 2 aliphatic rings. The number of nitrogen functional groups attached to an aromatic ring is 1. The zero-order chi connectivity index (χ0) is 36.2. The number of aromatic nitrogens is 6. The number of phenols is 1. The number of nitrogens with one attached hydrogen (secondary N) is 1. The zero-order valence-electron chi connectivity index (χ0n) is 29.8. The van der Waals surface area contributed by atoms with E-state index in [9.17, 15) is 19.8 Å². The number of imidazole rings is 1. The van der Waals surface area contributed by atoms with Crippen molar-refractivity contribution in [2.75, 3.05) is 25.4 Å². The van der Waals surface area contributed by atoms with Crippen LogP contribution < -0.4 is 16.7 Å². The summed E-state index contributed by atoms with van der Waals surface area (Å²) < 4.78 is 5.29. The number of aryl methyl sites for hydroxylation is 2. The molecular formula is C39H49N9O4. The molecule has 0 saturated carbocycles. The monoisotopic (exact) mass is 707 g/mol. The fraction of sp³-hybridized carbons (Fsp3) is 0.462. The minimum Gasteiger partial charge on any atom is -0.507 e. The molecule has 13 nitrogen and oxygen atoms in total. The number of carbonyl (C=O) groups is 1. The summed E-state index contributed by atoms with van der Waals surface area (Å²) in [5.41, 5.74) is 11.7. The van der Waals surface area contributed by atoms with Gasteiger partial charge in [-0.1, -0.05) is 37.5 Å². The van der Waals surface area contributed by atoms with Crippen molar-refractivity contribution in [1.82, 2.24) is 39.3 Å². The normalized spacial score (nSPS) is 18.6. The number of phenolic OH excluding ortho intramolecular Hbond substituents is 1. The first-order chi connectivity index (χ1) is 25.2. The largest absolute Gasteiger partial charge is 0.507 e. The van der Waals surface area contributed by atoms with E-state index in [2.05, 4.69) is 37.6 Å². The van der Waals surface area contributed by atoms with Crippen molar-refractivity contribution in [3.63, 3.8) is 0 Å². The number of rotatable bonds is 13. The van der Waals surface area contributed by atoms with E-state index in [-0.39, 0.29) is 17.3 Å². The molecule has 2 aromatic carbocycles. The van der Waals surface area contributed by atoms with Crippen LogP contribution in [-0.4, -0.2) is 76.0 Å². The molecule has 0 aliphatic carbocycles. The maximum atomic E-state index is 13.1. The summed E-state index contributed by atoms with van der Waals surface area (Å²) in [5.74, 6) is 0.877. The molecule has 0 spiro atoms. The van der Waals surface area contributed by atoms with E-state index in [4.69, 9.17) is 5.73 Å². The van der Waals surface area contributed by atoms with Gasteiger partial charge in [0, 0.05) is 42.9 Å². The fourth-order valence-electron chi connectivity index (χ4n) is 7.83. The lowest BCUT2D eigenvalue weighted by Crippen LogP contribution is -2.47. The Bertz CT molecular complexity index is 2080. The third-order valence-corrected chi connectivity index (χ3v) is 10.9. The van der Waals surface area contributed by atoms with E-state index in [1.165, 1.54) is 31.2 Å². The summed E-state index contributed by atoms with van der Waals surface area (Å²) in [6.07, 6.45) is 12.7. The van der Waals surface area contributed by atoms with Gasteiger partial charge in [0.15, 0.2) is 5.82 Å². The van der Waals surface area contributed by atoms with Gasteiger partial charge in [-0.3, -0.25) is 18.6 Å². The molecule has 5 aromatic rings. The first kappa shape index (κ1) is 35.4. The number of anilines is 1. The molecule has 13 heteroatoms. The van der Waals surface area contributed by atoms with Crippen LogP contribution in [-0.2, 0) is 24.8 Å². The van der Waals surface area contributed by atoms with Crippen LogP contribution in [0.3, 0.4) is 0 Å². The number of para-hydroxylation sites is 1. The standard InChI is InChI=1S/C39H49N9O4/c1-45-34-21-26(12-13-32(34)48(39(45)52)33-14-15-36(50)42-38(33)51)9-5-3-2-4-8-18-46-19-16-27(17-20-46)24-47-25-28(23-41-47)30-22-31(43-44-37(30)40)29-10-6-7-11-35(29)49/h6-7,10-13,21-23,25,27,33,38,49,51H,2-5,8-9,14-20,24H2,1H3,(H2,40,44)(H,42,50). The number of nitrogens with two attached hydrogens (primary N) is 1. The van der Waals surface area contributed by atoms with E-state index in [1.54, 1.807) is 28.3 Å². The van der Waals surface area contributed by atoms with E-state index in [0.29, 0.717) is 35.8 Å². The van der Waals surface area contributed by atoms with Crippen molar-refractivity contribution in [3.8, 4) is 28.1 Å². The van der Waals surface area contributed by atoms with Gasteiger partial charge in [0.05, 0.1) is 29.0 Å². The minimum absolute atomic E-state index is 0.150. The number of aromatic hydroxyl groups is 1. The molecule has 0 bridgehead atoms. The highest BCUT2D eigenvalue weighted by atomic mass is 16.3. The molecule has 2 unspecified atom stereocenters. The van der Waals surface area contributed by atoms with E-state index in [0.717, 1.165) is 74.0 Å². The van der Waals surface area contributed by atoms with Gasteiger partial charge in [0.2, 0.25) is 5.91 Å². The summed E-state index contributed by atoms with van der Waals surface area (Å²) in [5, 5.41) is 36.2. The molecule has 274 valence electrons. The highest BCUT2D eigenvalue weighted by molar-refractivity contribution is 5.79. The number of likely N-dealkylation sites (tertiary alicyclic amines) is 1. The molecule has 1 amide bonds. The Kier molecular flexibility index (Phi) is 10.7. The van der Waals surface area contributed by atoms with Gasteiger partial charge in [0.25, 0.3) is 0 Å². The predicted molar refractivity (Wildman–Crippen MR) is 200 cm³/mol. The number of aliphatic hydroxyl groups is 1. The summed E-state index contributed by atoms with van der Waals surface area (Å²) in [4.78, 5) is 27.3. The Morgan fingerprint density at radius 3 is 2.52 bits per heavy atom. The quantitative estimate of drug-likeness (QED) is 0.128. The summed E-state index contributed by atoms with van der Waals surface area (Å²) >= 11 is 0. The molecular weight excluding hydrogens is 658 g/mol. The average Bonchev–Trinajstić information content (AvgIpc) is 3.70. The van der Waals surface area contributed by atoms with Crippen LogP contribution in [0.4, 0.5) is 5.82 Å². The molecule has 7 rings (SSSR count). The van der Waals surface area contributed by atoms with Crippen LogP contribution in [0.1, 0.15) is 69.4 Å². The van der Waals surface area contributed by atoms with E-state index < -0.39 is 12.3 Å². The molecule has 2 fully saturated rings. The number of piperidine rings is 2. The first-order valence-corrected chi connectivity index (χ1v) is 18.6. The second kappa shape index (κ2) is 15.7. The van der Waals surface area contributed by atoms with Crippen molar-refractivity contribution in [2.45, 2.75) is 83.0 Å². The number of benzene rings is 2. The molecule has 0 radical (unpaired) electrons. The lowest BCUT2D eigenvalue weighted by molar-refractivity contribution is -0.128. The molecule has 2 saturated heterocycles. The third-order valence-electron chi connectivity index (χ3n) is 10.9. The maximum absolute atomic E-state index is 13.1. The van der Waals surface area contributed by atoms with Crippen LogP contribution in [0.5, 0.6) is 5.75 Å². The molecule has 52 heavy (non-hydrogen) atoms. The average molecular weight is 708 g/mol. The molecule has 3 aromatic heterocycles. The predicted octanol–water partition coefficient (Wildman–Crippen LogP) is 4.62. The van der Waals surface area contributed by atoms with Crippen molar-refractivity contribution in [1.29, 1.82) is 0 Å². The second-order valence-corrected chi connectivity index (χ2v) is 14.5. The summed E-state index contributed by atoms with van der Waals surface area (Å²) in [6, 6.07) is 14.6. The number of unbranched alkanes of at least 4 members (excludes halogenated alkanes) is 4. The Morgan fingerprint density at radius 1 is 0.923 bits per heavy atom. The van der Waals surface area contributed by atoms with Crippen molar-refractivity contribution in [3.05, 3.63) is 77.0 Å². The van der Waals surface area contributed by atoms with Crippen LogP contribution in [0.25, 0.3) is 33.4 Å². The number of amides is 1. The summed E-state index contributed by atoms with van der Waals surface area (Å²) in [7, 11) is 1.77. The minimum atomic E-state index is -1.06. The maximum Gasteiger partial charge on any atom is 0.329 e. The number of hydrogen-bond donors (Lipinski definition) is 4. The third kappa shape index (κ3) is 7.75. The second-order valence-electron chi connectivity index (χ2n) is 14.5. The highest BCUT2D eigenvalue weighted by Crippen LogP contribution is 2.32. The highest BCUT2D eigenvalue weighted by Gasteiger charge is 2.31. The van der Waals surface area contributed by atoms with Gasteiger partial charge in [0.1, 0.15) is 12.0 Å². The van der Waals surface area contributed by atoms with E-state index in [1.807, 2.05) is 41.3 Å². The van der Waals surface area contributed by atoms with Gasteiger partial charge in [-0.2, -0.15) is 5.10 Å². The molecule has 2 atom stereocenters. The lowest BCUT2D eigenvalue weighted by Gasteiger charge is -2.31. The van der Waals surface area contributed by atoms with E-state index >= 15 is 0 Å². The first-order valence-electron chi connectivity index (χ1n) is 18.6. The van der Waals surface area contributed by atoms with Crippen molar-refractivity contribution < 1.29 is 15.0 Å². The Balaban J connectivity index is 0.812. The molecule has 2 aliphatic heterocycles. The fourth-order valence-corrected chi connectivity index (χ4v) is 7.83. The number of carbonyl (C=O) groups excluding carboxylic acids is 1. The Labute approximate surface area is 303 Å². The van der Waals surface area contributed by atoms with Gasteiger partial charge >= 0.3 is 5.69 Å². The lowest BCUT2D eigenvalue weighted by atomic mass is 9.96. The van der Waals surface area contributed by atoms with Crippen LogP contribution >= 0.6 is 0 Å². The van der Waals surface area contributed by atoms with Gasteiger partial charge < -0.3 is 26.2 Å². The number of nitrogens with zero attached hydrogens (tertiary/aromatic N) is 7. The van der Waals surface area contributed by atoms with Gasteiger partial charge in [-0.15, -0.1) is 10.2 Å². The SMILES string of the molecule is Cn1c(=O)n(C2CCC(=O)NC2O)c2ccc(CCCCCCCN3CCC(Cn4cc(-c5cc(-c6ccccc6O)nnc5N)cn4)CC3)cc21. The van der Waals surface area contributed by atoms with Crippen LogP contribution in [0, 0.1) is 5.92 Å². The van der Waals surface area contributed by atoms with Crippen LogP contribution in [0.2, 0.25) is 0 Å². The molecule has 5 heterocycles. The number of fused-ring (bicyclic) bond motifs is 1. The summed E-state index contributed by atoms with van der Waals surface area (Å²) in [6.45, 7) is 4.25. The number of aliphatic hydroxyl groups excluding tert-OH is 1. The van der Waals surface area contributed by atoms with Crippen LogP contribution in [0.15, 0.2) is 65.7 Å². The van der Waals surface area contributed by atoms with Gasteiger partial charge in [-0.05, 0) is 100.0 Å². The van der Waals surface area contributed by atoms with Crippen molar-refractivity contribution >= 4 is 22.8 Å². The smallest absolute Gasteiger partial charge is 0.329 e. The zero-order valence-corrected chi connectivity index (χ0v) is 29.8. The van der Waals surface area contributed by atoms with Crippen molar-refractivity contribution in [2.24, 2.45) is 13.0 Å². The Morgan fingerprint density at radius 2 is 1.71 bits per heavy atom. The topological polar surface area (TPSA) is 169 Å². The Hall–Kier alpha value is -5.01.